The number of nitrogens with one attached hydrogen (secondary N) is 1. The van der Waals surface area contributed by atoms with Gasteiger partial charge in [0.15, 0.2) is 0 Å². The molecule has 0 saturated heterocycles. The molecule has 4 rings (SSSR count). The summed E-state index contributed by atoms with van der Waals surface area (Å²) in [6, 6.07) is 21.9. The Kier molecular flexibility index (Phi) is 6.51. The Morgan fingerprint density at radius 2 is 1.87 bits per heavy atom. The van der Waals surface area contributed by atoms with Crippen LogP contribution in [0.25, 0.3) is 0 Å². The SMILES string of the molecule is O=C(O)CCc1ccc(NCc2cccc3c2N(Cc2ccccc2)CCC3)cc1F. The van der Waals surface area contributed by atoms with Crippen LogP contribution in [0.2, 0.25) is 0 Å². The van der Waals surface area contributed by atoms with Crippen LogP contribution in [0.5, 0.6) is 0 Å². The van der Waals surface area contributed by atoms with Gasteiger partial charge >= 0.3 is 5.97 Å². The van der Waals surface area contributed by atoms with Gasteiger partial charge in [0.2, 0.25) is 0 Å². The molecule has 0 amide bonds. The molecule has 160 valence electrons. The van der Waals surface area contributed by atoms with E-state index < -0.39 is 5.97 Å². The Bertz CT molecular complexity index is 1050. The monoisotopic (exact) mass is 418 g/mol. The number of nitrogens with zero attached hydrogens (tertiary/aromatic N) is 1. The highest BCUT2D eigenvalue weighted by molar-refractivity contribution is 5.67. The first-order chi connectivity index (χ1) is 15.1. The molecular weight excluding hydrogens is 391 g/mol. The average Bonchev–Trinajstić information content (AvgIpc) is 2.77. The fourth-order valence-electron chi connectivity index (χ4n) is 4.23. The van der Waals surface area contributed by atoms with Crippen molar-refractivity contribution < 1.29 is 14.3 Å². The number of fused-ring (bicyclic) bond motifs is 1. The molecule has 4 nitrogen and oxygen atoms in total. The van der Waals surface area contributed by atoms with Crippen molar-refractivity contribution in [1.82, 2.24) is 0 Å². The summed E-state index contributed by atoms with van der Waals surface area (Å²) in [6.07, 6.45) is 2.33. The summed E-state index contributed by atoms with van der Waals surface area (Å²) in [7, 11) is 0. The molecule has 3 aromatic rings. The number of carboxylic acids is 1. The van der Waals surface area contributed by atoms with Gasteiger partial charge in [-0.25, -0.2) is 4.39 Å². The molecular formula is C26H27FN2O2. The van der Waals surface area contributed by atoms with Gasteiger partial charge in [0.05, 0.1) is 0 Å². The summed E-state index contributed by atoms with van der Waals surface area (Å²) >= 11 is 0. The first-order valence-corrected chi connectivity index (χ1v) is 10.7. The zero-order valence-electron chi connectivity index (χ0n) is 17.5. The maximum atomic E-state index is 14.4. The number of rotatable bonds is 8. The molecule has 2 N–H and O–H groups in total. The van der Waals surface area contributed by atoms with E-state index in [1.54, 1.807) is 6.07 Å². The Labute approximate surface area is 182 Å². The van der Waals surface area contributed by atoms with E-state index in [1.807, 2.05) is 12.1 Å². The van der Waals surface area contributed by atoms with E-state index in [2.05, 4.69) is 52.7 Å². The minimum absolute atomic E-state index is 0.0723. The van der Waals surface area contributed by atoms with Gasteiger partial charge in [0.25, 0.3) is 0 Å². The number of hydrogen-bond donors (Lipinski definition) is 2. The second kappa shape index (κ2) is 9.65. The predicted octanol–water partition coefficient (Wildman–Crippen LogP) is 5.41. The molecule has 1 heterocycles. The van der Waals surface area contributed by atoms with Crippen molar-refractivity contribution >= 4 is 17.3 Å². The molecule has 0 fully saturated rings. The Morgan fingerprint density at radius 3 is 2.65 bits per heavy atom. The van der Waals surface area contributed by atoms with E-state index in [1.165, 1.54) is 28.4 Å². The van der Waals surface area contributed by atoms with Gasteiger partial charge in [-0.15, -0.1) is 0 Å². The van der Waals surface area contributed by atoms with Crippen LogP contribution in [0, 0.1) is 5.82 Å². The van der Waals surface area contributed by atoms with Crippen LogP contribution >= 0.6 is 0 Å². The molecule has 0 atom stereocenters. The molecule has 0 aliphatic carbocycles. The minimum atomic E-state index is -0.921. The Balaban J connectivity index is 1.49. The number of anilines is 2. The molecule has 3 aromatic carbocycles. The summed E-state index contributed by atoms with van der Waals surface area (Å²) in [4.78, 5) is 13.2. The van der Waals surface area contributed by atoms with Gasteiger partial charge in [-0.05, 0) is 53.6 Å². The normalized spacial score (nSPS) is 13.0. The fourth-order valence-corrected chi connectivity index (χ4v) is 4.23. The molecule has 0 bridgehead atoms. The van der Waals surface area contributed by atoms with Crippen LogP contribution in [-0.4, -0.2) is 17.6 Å². The van der Waals surface area contributed by atoms with E-state index in [0.717, 1.165) is 25.9 Å². The Morgan fingerprint density at radius 1 is 1.03 bits per heavy atom. The second-order valence-electron chi connectivity index (χ2n) is 7.99. The topological polar surface area (TPSA) is 52.6 Å². The number of hydrogen-bond acceptors (Lipinski definition) is 3. The van der Waals surface area contributed by atoms with Gasteiger partial charge in [0, 0.05) is 37.4 Å². The largest absolute Gasteiger partial charge is 0.481 e. The van der Waals surface area contributed by atoms with Crippen LogP contribution in [0.15, 0.2) is 66.7 Å². The number of carbonyl (C=O) groups is 1. The van der Waals surface area contributed by atoms with Crippen LogP contribution < -0.4 is 10.2 Å². The van der Waals surface area contributed by atoms with E-state index >= 15 is 0 Å². The van der Waals surface area contributed by atoms with E-state index in [9.17, 15) is 9.18 Å². The number of benzene rings is 3. The van der Waals surface area contributed by atoms with Crippen molar-refractivity contribution in [3.05, 3.63) is 94.8 Å². The van der Waals surface area contributed by atoms with Gasteiger partial charge in [-0.2, -0.15) is 0 Å². The number of para-hydroxylation sites is 1. The van der Waals surface area contributed by atoms with Crippen molar-refractivity contribution in [1.29, 1.82) is 0 Å². The summed E-state index contributed by atoms with van der Waals surface area (Å²) in [5.74, 6) is -1.29. The average molecular weight is 419 g/mol. The minimum Gasteiger partial charge on any atom is -0.481 e. The number of carboxylic acid groups (broad SMARTS) is 1. The maximum Gasteiger partial charge on any atom is 0.303 e. The lowest BCUT2D eigenvalue weighted by Gasteiger charge is -2.33. The van der Waals surface area contributed by atoms with Crippen LogP contribution in [-0.2, 0) is 30.7 Å². The third-order valence-electron chi connectivity index (χ3n) is 5.75. The van der Waals surface area contributed by atoms with Crippen molar-refractivity contribution in [2.75, 3.05) is 16.8 Å². The third-order valence-corrected chi connectivity index (χ3v) is 5.75. The van der Waals surface area contributed by atoms with Crippen molar-refractivity contribution in [3.8, 4) is 0 Å². The molecule has 31 heavy (non-hydrogen) atoms. The lowest BCUT2D eigenvalue weighted by atomic mass is 9.97. The fraction of sp³-hybridized carbons (Fsp3) is 0.269. The highest BCUT2D eigenvalue weighted by atomic mass is 19.1. The summed E-state index contributed by atoms with van der Waals surface area (Å²) < 4.78 is 14.4. The molecule has 1 aliphatic rings. The standard InChI is InChI=1S/C26H27FN2O2/c27-24-16-23(13-11-20(24)12-14-25(30)31)28-17-22-9-4-8-21-10-5-15-29(26(21)22)18-19-6-2-1-3-7-19/h1-4,6-9,11,13,16,28H,5,10,12,14-15,17-18H2,(H,30,31). The van der Waals surface area contributed by atoms with Crippen LogP contribution in [0.1, 0.15) is 35.1 Å². The van der Waals surface area contributed by atoms with Crippen molar-refractivity contribution in [2.45, 2.75) is 38.8 Å². The zero-order chi connectivity index (χ0) is 21.6. The molecule has 0 radical (unpaired) electrons. The highest BCUT2D eigenvalue weighted by Crippen LogP contribution is 2.33. The number of aryl methyl sites for hydroxylation is 2. The van der Waals surface area contributed by atoms with Gasteiger partial charge in [-0.3, -0.25) is 4.79 Å². The predicted molar refractivity (Wildman–Crippen MR) is 122 cm³/mol. The third kappa shape index (κ3) is 5.23. The first kappa shape index (κ1) is 20.9. The van der Waals surface area contributed by atoms with Crippen LogP contribution in [0.4, 0.5) is 15.8 Å². The molecule has 1 aliphatic heterocycles. The van der Waals surface area contributed by atoms with Gasteiger partial charge in [0.1, 0.15) is 5.82 Å². The highest BCUT2D eigenvalue weighted by Gasteiger charge is 2.20. The summed E-state index contributed by atoms with van der Waals surface area (Å²) in [6.45, 7) is 2.49. The molecule has 0 spiro atoms. The van der Waals surface area contributed by atoms with E-state index in [0.29, 0.717) is 17.8 Å². The molecule has 5 heteroatoms. The first-order valence-electron chi connectivity index (χ1n) is 10.7. The van der Waals surface area contributed by atoms with E-state index in [-0.39, 0.29) is 18.7 Å². The summed E-state index contributed by atoms with van der Waals surface area (Å²) in [5.41, 5.74) is 6.25. The lowest BCUT2D eigenvalue weighted by molar-refractivity contribution is -0.136. The quantitative estimate of drug-likeness (QED) is 0.514. The second-order valence-corrected chi connectivity index (χ2v) is 7.99. The molecule has 0 unspecified atom stereocenters. The van der Waals surface area contributed by atoms with Gasteiger partial charge in [-0.1, -0.05) is 54.6 Å². The number of aliphatic carboxylic acids is 1. The zero-order valence-corrected chi connectivity index (χ0v) is 17.5. The summed E-state index contributed by atoms with van der Waals surface area (Å²) in [5, 5.41) is 12.1. The van der Waals surface area contributed by atoms with Crippen molar-refractivity contribution in [2.24, 2.45) is 0 Å². The van der Waals surface area contributed by atoms with E-state index in [4.69, 9.17) is 5.11 Å². The Hall–Kier alpha value is -3.34. The lowest BCUT2D eigenvalue weighted by Crippen LogP contribution is -2.30. The van der Waals surface area contributed by atoms with Crippen molar-refractivity contribution in [3.63, 3.8) is 0 Å². The molecule has 0 saturated carbocycles. The molecule has 0 aromatic heterocycles. The van der Waals surface area contributed by atoms with Crippen LogP contribution in [0.3, 0.4) is 0 Å². The van der Waals surface area contributed by atoms with Gasteiger partial charge < -0.3 is 15.3 Å². The maximum absolute atomic E-state index is 14.4. The smallest absolute Gasteiger partial charge is 0.303 e. The number of halogens is 1.